The van der Waals surface area contributed by atoms with Gasteiger partial charge < -0.3 is 10.1 Å². The van der Waals surface area contributed by atoms with Crippen LogP contribution in [-0.4, -0.2) is 40.2 Å². The van der Waals surface area contributed by atoms with Crippen molar-refractivity contribution in [1.82, 2.24) is 20.5 Å². The van der Waals surface area contributed by atoms with Crippen LogP contribution in [-0.2, 0) is 9.53 Å². The molecule has 7 heteroatoms. The van der Waals surface area contributed by atoms with Gasteiger partial charge in [-0.05, 0) is 25.3 Å². The van der Waals surface area contributed by atoms with E-state index in [9.17, 15) is 9.59 Å². The number of rotatable bonds is 5. The lowest BCUT2D eigenvalue weighted by Crippen LogP contribution is -2.42. The average Bonchev–Trinajstić information content (AvgIpc) is 2.86. The molecule has 2 heterocycles. The average molecular weight is 304 g/mol. The number of aromatic nitrogens is 3. The molecule has 1 amide bonds. The molecule has 0 spiro atoms. The van der Waals surface area contributed by atoms with Gasteiger partial charge in [0.2, 0.25) is 0 Å². The van der Waals surface area contributed by atoms with Crippen molar-refractivity contribution in [3.63, 3.8) is 0 Å². The van der Waals surface area contributed by atoms with Crippen molar-refractivity contribution in [3.8, 4) is 0 Å². The second-order valence-electron chi connectivity index (χ2n) is 5.62. The van der Waals surface area contributed by atoms with Gasteiger partial charge in [0.15, 0.2) is 5.65 Å². The van der Waals surface area contributed by atoms with Crippen molar-refractivity contribution in [3.05, 3.63) is 23.5 Å². The number of ether oxygens (including phenoxy) is 1. The molecular formula is C15H20N4O3. The Bertz CT molecular complexity index is 693. The molecule has 0 aliphatic rings. The van der Waals surface area contributed by atoms with E-state index in [1.807, 2.05) is 20.8 Å². The summed E-state index contributed by atoms with van der Waals surface area (Å²) in [6.45, 7) is 5.81. The number of aryl methyl sites for hydroxylation is 1. The van der Waals surface area contributed by atoms with Crippen LogP contribution in [0.25, 0.3) is 11.0 Å². The highest BCUT2D eigenvalue weighted by molar-refractivity contribution is 5.99. The van der Waals surface area contributed by atoms with Gasteiger partial charge in [0.25, 0.3) is 5.91 Å². The van der Waals surface area contributed by atoms with Crippen molar-refractivity contribution in [2.75, 3.05) is 7.11 Å². The second-order valence-corrected chi connectivity index (χ2v) is 5.62. The highest BCUT2D eigenvalue weighted by atomic mass is 16.5. The number of carbonyl (C=O) groups is 2. The van der Waals surface area contributed by atoms with Crippen LogP contribution in [0.5, 0.6) is 0 Å². The second kappa shape index (κ2) is 6.55. The number of hydrogen-bond acceptors (Lipinski definition) is 5. The highest BCUT2D eigenvalue weighted by Gasteiger charge is 2.23. The number of carbonyl (C=O) groups excluding carboxylic acids is 2. The Hall–Kier alpha value is -2.44. The Kier molecular flexibility index (Phi) is 4.75. The minimum Gasteiger partial charge on any atom is -0.467 e. The van der Waals surface area contributed by atoms with E-state index in [1.54, 1.807) is 6.07 Å². The first-order valence-corrected chi connectivity index (χ1v) is 7.11. The van der Waals surface area contributed by atoms with Crippen molar-refractivity contribution in [1.29, 1.82) is 0 Å². The standard InChI is InChI=1S/C15H20N4O3/c1-8(2)5-12(15(21)22-4)17-14(20)10-6-11-9(3)18-19-13(11)16-7-10/h6-8,12H,5H2,1-4H3,(H,17,20)(H,16,18,19)/t12-/m0/s1. The van der Waals surface area contributed by atoms with E-state index >= 15 is 0 Å². The first-order valence-electron chi connectivity index (χ1n) is 7.11. The van der Waals surface area contributed by atoms with Crippen molar-refractivity contribution < 1.29 is 14.3 Å². The fraction of sp³-hybridized carbons (Fsp3) is 0.467. The first kappa shape index (κ1) is 15.9. The first-order chi connectivity index (χ1) is 10.4. The van der Waals surface area contributed by atoms with Gasteiger partial charge >= 0.3 is 5.97 Å². The summed E-state index contributed by atoms with van der Waals surface area (Å²) in [5.41, 5.74) is 1.78. The van der Waals surface area contributed by atoms with E-state index in [0.29, 0.717) is 17.6 Å². The van der Waals surface area contributed by atoms with E-state index in [1.165, 1.54) is 13.3 Å². The van der Waals surface area contributed by atoms with Crippen LogP contribution >= 0.6 is 0 Å². The summed E-state index contributed by atoms with van der Waals surface area (Å²) >= 11 is 0. The molecule has 22 heavy (non-hydrogen) atoms. The lowest BCUT2D eigenvalue weighted by atomic mass is 10.0. The number of nitrogens with zero attached hydrogens (tertiary/aromatic N) is 2. The number of esters is 1. The molecule has 2 aromatic rings. The van der Waals surface area contributed by atoms with Crippen LogP contribution in [0.1, 0.15) is 36.3 Å². The zero-order chi connectivity index (χ0) is 16.3. The summed E-state index contributed by atoms with van der Waals surface area (Å²) in [5.74, 6) is -0.553. The summed E-state index contributed by atoms with van der Waals surface area (Å²) in [5, 5.41) is 10.3. The third kappa shape index (κ3) is 3.41. The molecule has 0 aromatic carbocycles. The predicted octanol–water partition coefficient (Wildman–Crippen LogP) is 1.58. The van der Waals surface area contributed by atoms with Crippen LogP contribution in [0.4, 0.5) is 0 Å². The molecule has 0 saturated carbocycles. The van der Waals surface area contributed by atoms with Gasteiger partial charge in [-0.15, -0.1) is 0 Å². The molecule has 0 saturated heterocycles. The van der Waals surface area contributed by atoms with E-state index in [0.717, 1.165) is 11.1 Å². The summed E-state index contributed by atoms with van der Waals surface area (Å²) < 4.78 is 4.74. The van der Waals surface area contributed by atoms with Crippen LogP contribution in [0.2, 0.25) is 0 Å². The largest absolute Gasteiger partial charge is 0.467 e. The van der Waals surface area contributed by atoms with Gasteiger partial charge in [-0.25, -0.2) is 9.78 Å². The quantitative estimate of drug-likeness (QED) is 0.817. The lowest BCUT2D eigenvalue weighted by Gasteiger charge is -2.18. The molecule has 0 bridgehead atoms. The fourth-order valence-electron chi connectivity index (χ4n) is 2.21. The van der Waals surface area contributed by atoms with E-state index in [-0.39, 0.29) is 11.8 Å². The molecule has 118 valence electrons. The molecule has 1 atom stereocenters. The lowest BCUT2D eigenvalue weighted by molar-refractivity contribution is -0.143. The van der Waals surface area contributed by atoms with Crippen LogP contribution in [0.3, 0.4) is 0 Å². The summed E-state index contributed by atoms with van der Waals surface area (Å²) in [6, 6.07) is 1.04. The fourth-order valence-corrected chi connectivity index (χ4v) is 2.21. The maximum Gasteiger partial charge on any atom is 0.328 e. The number of aromatic amines is 1. The van der Waals surface area contributed by atoms with E-state index in [4.69, 9.17) is 4.74 Å². The number of methoxy groups -OCH3 is 1. The number of nitrogens with one attached hydrogen (secondary N) is 2. The molecule has 2 rings (SSSR count). The normalized spacial score (nSPS) is 12.4. The molecule has 0 unspecified atom stereocenters. The van der Waals surface area contributed by atoms with Gasteiger partial charge in [0.1, 0.15) is 6.04 Å². The Morgan fingerprint density at radius 1 is 1.41 bits per heavy atom. The number of amides is 1. The minimum atomic E-state index is -0.668. The molecule has 2 N–H and O–H groups in total. The third-order valence-corrected chi connectivity index (χ3v) is 3.36. The van der Waals surface area contributed by atoms with Gasteiger partial charge in [-0.1, -0.05) is 13.8 Å². The molecule has 0 fully saturated rings. The molecule has 0 aliphatic heterocycles. The van der Waals surface area contributed by atoms with Gasteiger partial charge in [0.05, 0.1) is 12.7 Å². The van der Waals surface area contributed by atoms with Gasteiger partial charge in [-0.2, -0.15) is 5.10 Å². The van der Waals surface area contributed by atoms with Gasteiger partial charge in [-0.3, -0.25) is 9.89 Å². The summed E-state index contributed by atoms with van der Waals surface area (Å²) in [6.07, 6.45) is 1.96. The third-order valence-electron chi connectivity index (χ3n) is 3.36. The Morgan fingerprint density at radius 2 is 2.14 bits per heavy atom. The monoisotopic (exact) mass is 304 g/mol. The van der Waals surface area contributed by atoms with Crippen molar-refractivity contribution in [2.24, 2.45) is 5.92 Å². The number of fused-ring (bicyclic) bond motifs is 1. The zero-order valence-corrected chi connectivity index (χ0v) is 13.1. The van der Waals surface area contributed by atoms with Crippen molar-refractivity contribution in [2.45, 2.75) is 33.2 Å². The number of hydrogen-bond donors (Lipinski definition) is 2. The highest BCUT2D eigenvalue weighted by Crippen LogP contribution is 2.15. The molecule has 0 aliphatic carbocycles. The van der Waals surface area contributed by atoms with E-state index < -0.39 is 12.0 Å². The predicted molar refractivity (Wildman–Crippen MR) is 81.4 cm³/mol. The minimum absolute atomic E-state index is 0.251. The topological polar surface area (TPSA) is 97.0 Å². The molecular weight excluding hydrogens is 284 g/mol. The van der Waals surface area contributed by atoms with Crippen LogP contribution in [0.15, 0.2) is 12.3 Å². The Balaban J connectivity index is 2.20. The maximum atomic E-state index is 12.3. The van der Waals surface area contributed by atoms with E-state index in [2.05, 4.69) is 20.5 Å². The molecule has 0 radical (unpaired) electrons. The van der Waals surface area contributed by atoms with Gasteiger partial charge in [0, 0.05) is 17.3 Å². The Morgan fingerprint density at radius 3 is 2.77 bits per heavy atom. The molecule has 7 nitrogen and oxygen atoms in total. The van der Waals surface area contributed by atoms with Crippen molar-refractivity contribution >= 4 is 22.9 Å². The summed E-state index contributed by atoms with van der Waals surface area (Å²) in [7, 11) is 1.31. The smallest absolute Gasteiger partial charge is 0.328 e. The summed E-state index contributed by atoms with van der Waals surface area (Å²) in [4.78, 5) is 28.3. The Labute approximate surface area is 128 Å². The SMILES string of the molecule is COC(=O)[C@H](CC(C)C)NC(=O)c1cnc2n[nH]c(C)c2c1. The van der Waals surface area contributed by atoms with Crippen LogP contribution in [0, 0.1) is 12.8 Å². The van der Waals surface area contributed by atoms with Crippen LogP contribution < -0.4 is 5.32 Å². The number of pyridine rings is 1. The maximum absolute atomic E-state index is 12.3. The number of H-pyrrole nitrogens is 1. The zero-order valence-electron chi connectivity index (χ0n) is 13.1. The molecule has 2 aromatic heterocycles.